The van der Waals surface area contributed by atoms with Gasteiger partial charge in [0.15, 0.2) is 0 Å². The van der Waals surface area contributed by atoms with E-state index in [0.29, 0.717) is 11.3 Å². The van der Waals surface area contributed by atoms with E-state index in [4.69, 9.17) is 5.11 Å². The van der Waals surface area contributed by atoms with E-state index in [1.165, 1.54) is 0 Å². The summed E-state index contributed by atoms with van der Waals surface area (Å²) in [6.45, 7) is -0.473. The summed E-state index contributed by atoms with van der Waals surface area (Å²) in [7, 11) is 0. The molecule has 0 aliphatic carbocycles. The second-order valence-electron chi connectivity index (χ2n) is 4.67. The number of aliphatic carboxylic acids is 1. The molecule has 7 nitrogen and oxygen atoms in total. The molecule has 0 aromatic heterocycles. The van der Waals surface area contributed by atoms with E-state index in [9.17, 15) is 19.2 Å². The summed E-state index contributed by atoms with van der Waals surface area (Å²) in [5.74, 6) is -2.97. The molecule has 2 unspecified atom stereocenters. The lowest BCUT2D eigenvalue weighted by Crippen LogP contribution is -2.38. The molecule has 0 saturated carbocycles. The molecule has 2 heterocycles. The van der Waals surface area contributed by atoms with Gasteiger partial charge < -0.3 is 10.0 Å². The van der Waals surface area contributed by atoms with Gasteiger partial charge in [-0.3, -0.25) is 24.5 Å². The molecule has 0 radical (unpaired) electrons. The second-order valence-corrected chi connectivity index (χ2v) is 5.78. The van der Waals surface area contributed by atoms with Crippen molar-refractivity contribution in [1.82, 2.24) is 5.32 Å². The van der Waals surface area contributed by atoms with Gasteiger partial charge in [0.25, 0.3) is 5.24 Å². The third-order valence-corrected chi connectivity index (χ3v) is 4.46. The lowest BCUT2D eigenvalue weighted by Gasteiger charge is -2.16. The zero-order chi connectivity index (χ0) is 15.1. The van der Waals surface area contributed by atoms with Gasteiger partial charge in [0.1, 0.15) is 11.8 Å². The van der Waals surface area contributed by atoms with E-state index >= 15 is 0 Å². The van der Waals surface area contributed by atoms with Crippen molar-refractivity contribution in [2.75, 3.05) is 11.4 Å². The maximum atomic E-state index is 12.5. The lowest BCUT2D eigenvalue weighted by atomic mass is 9.96. The standard InChI is InChI=1S/C13H10N2O5S/c16-8(17)5-15-7-4-2-1-3-6(7)9(12(15)19)10-11(18)14-13(20)21-10/h1-4,9-10H,5H2,(H,16,17)(H,14,18,20). The van der Waals surface area contributed by atoms with Gasteiger partial charge in [0.05, 0.1) is 5.92 Å². The Hall–Kier alpha value is -2.35. The van der Waals surface area contributed by atoms with Crippen LogP contribution in [0.3, 0.4) is 0 Å². The van der Waals surface area contributed by atoms with Crippen LogP contribution in [0.25, 0.3) is 0 Å². The normalized spacial score (nSPS) is 24.2. The molecule has 1 aromatic rings. The first kappa shape index (κ1) is 13.6. The van der Waals surface area contributed by atoms with Gasteiger partial charge in [-0.15, -0.1) is 0 Å². The minimum atomic E-state index is -1.14. The van der Waals surface area contributed by atoms with Crippen LogP contribution < -0.4 is 10.2 Å². The molecule has 3 amide bonds. The Morgan fingerprint density at radius 3 is 2.62 bits per heavy atom. The number of nitrogens with one attached hydrogen (secondary N) is 1. The number of carbonyl (C=O) groups is 4. The molecule has 2 N–H and O–H groups in total. The van der Waals surface area contributed by atoms with E-state index in [0.717, 1.165) is 16.7 Å². The Morgan fingerprint density at radius 1 is 1.29 bits per heavy atom. The van der Waals surface area contributed by atoms with E-state index in [1.54, 1.807) is 24.3 Å². The third-order valence-electron chi connectivity index (χ3n) is 3.41. The number of carboxylic acids is 1. The van der Waals surface area contributed by atoms with Crippen molar-refractivity contribution in [1.29, 1.82) is 0 Å². The Morgan fingerprint density at radius 2 is 2.00 bits per heavy atom. The van der Waals surface area contributed by atoms with Crippen LogP contribution in [0.4, 0.5) is 10.5 Å². The van der Waals surface area contributed by atoms with Crippen LogP contribution in [0, 0.1) is 0 Å². The van der Waals surface area contributed by atoms with Gasteiger partial charge in [-0.25, -0.2) is 0 Å². The molecule has 2 aliphatic rings. The van der Waals surface area contributed by atoms with Crippen LogP contribution in [-0.4, -0.2) is 39.9 Å². The second kappa shape index (κ2) is 4.88. The van der Waals surface area contributed by atoms with Gasteiger partial charge in [-0.2, -0.15) is 0 Å². The highest BCUT2D eigenvalue weighted by molar-refractivity contribution is 8.15. The maximum absolute atomic E-state index is 12.5. The predicted molar refractivity (Wildman–Crippen MR) is 74.1 cm³/mol. The number of hydrogen-bond donors (Lipinski definition) is 2. The molecule has 108 valence electrons. The molecule has 1 fully saturated rings. The number of benzene rings is 1. The molecule has 21 heavy (non-hydrogen) atoms. The molecule has 3 rings (SSSR count). The highest BCUT2D eigenvalue weighted by Crippen LogP contribution is 2.43. The number of fused-ring (bicyclic) bond motifs is 1. The number of hydrogen-bond acceptors (Lipinski definition) is 5. The molecular formula is C13H10N2O5S. The third kappa shape index (κ3) is 2.17. The number of rotatable bonds is 3. The van der Waals surface area contributed by atoms with E-state index in [1.807, 2.05) is 0 Å². The fourth-order valence-electron chi connectivity index (χ4n) is 2.60. The summed E-state index contributed by atoms with van der Waals surface area (Å²) in [4.78, 5) is 47.7. The van der Waals surface area contributed by atoms with E-state index < -0.39 is 40.7 Å². The lowest BCUT2D eigenvalue weighted by molar-refractivity contribution is -0.136. The zero-order valence-electron chi connectivity index (χ0n) is 10.6. The summed E-state index contributed by atoms with van der Waals surface area (Å²) in [6, 6.07) is 6.71. The smallest absolute Gasteiger partial charge is 0.323 e. The molecule has 8 heteroatoms. The minimum absolute atomic E-state index is 0.471. The van der Waals surface area contributed by atoms with Crippen molar-refractivity contribution in [2.24, 2.45) is 0 Å². The number of carboxylic acid groups (broad SMARTS) is 1. The zero-order valence-corrected chi connectivity index (χ0v) is 11.4. The van der Waals surface area contributed by atoms with Crippen LogP contribution in [0.1, 0.15) is 11.5 Å². The summed E-state index contributed by atoms with van der Waals surface area (Å²) >= 11 is 0.765. The summed E-state index contributed by atoms with van der Waals surface area (Å²) in [5.41, 5.74) is 1.05. The quantitative estimate of drug-likeness (QED) is 0.845. The predicted octanol–water partition coefficient (Wildman–Crippen LogP) is 0.553. The van der Waals surface area contributed by atoms with Crippen LogP contribution >= 0.6 is 11.8 Å². The molecule has 2 aliphatic heterocycles. The van der Waals surface area contributed by atoms with Crippen LogP contribution in [0.2, 0.25) is 0 Å². The van der Waals surface area contributed by atoms with Crippen molar-refractivity contribution in [3.05, 3.63) is 29.8 Å². The maximum Gasteiger partial charge on any atom is 0.323 e. The number of anilines is 1. The fourth-order valence-corrected chi connectivity index (χ4v) is 3.55. The Bertz CT molecular complexity index is 674. The molecule has 1 aromatic carbocycles. The molecule has 0 bridgehead atoms. The number of carbonyl (C=O) groups excluding carboxylic acids is 3. The van der Waals surface area contributed by atoms with Gasteiger partial charge >= 0.3 is 5.97 Å². The Labute approximate surface area is 123 Å². The van der Waals surface area contributed by atoms with Crippen LogP contribution in [-0.2, 0) is 14.4 Å². The highest BCUT2D eigenvalue weighted by atomic mass is 32.2. The summed E-state index contributed by atoms with van der Waals surface area (Å²) in [5, 5.41) is 9.73. The fraction of sp³-hybridized carbons (Fsp3) is 0.231. The largest absolute Gasteiger partial charge is 0.480 e. The van der Waals surface area contributed by atoms with Crippen LogP contribution in [0.5, 0.6) is 0 Å². The number of imide groups is 1. The average Bonchev–Trinajstić information content (AvgIpc) is 2.88. The molecule has 0 spiro atoms. The summed E-state index contributed by atoms with van der Waals surface area (Å²) < 4.78 is 0. The Kier molecular flexibility index (Phi) is 3.17. The van der Waals surface area contributed by atoms with Gasteiger partial charge in [0, 0.05) is 5.69 Å². The van der Waals surface area contributed by atoms with Gasteiger partial charge in [-0.1, -0.05) is 18.2 Å². The number of nitrogens with zero attached hydrogens (tertiary/aromatic N) is 1. The van der Waals surface area contributed by atoms with Crippen molar-refractivity contribution < 1.29 is 24.3 Å². The molecule has 2 atom stereocenters. The number of amides is 3. The van der Waals surface area contributed by atoms with Crippen molar-refractivity contribution in [3.8, 4) is 0 Å². The van der Waals surface area contributed by atoms with Crippen molar-refractivity contribution in [2.45, 2.75) is 11.2 Å². The first-order chi connectivity index (χ1) is 9.99. The minimum Gasteiger partial charge on any atom is -0.480 e. The van der Waals surface area contributed by atoms with Gasteiger partial charge in [-0.05, 0) is 23.4 Å². The van der Waals surface area contributed by atoms with Crippen LogP contribution in [0.15, 0.2) is 24.3 Å². The van der Waals surface area contributed by atoms with Crippen molar-refractivity contribution in [3.63, 3.8) is 0 Å². The van der Waals surface area contributed by atoms with Gasteiger partial charge in [0.2, 0.25) is 11.8 Å². The van der Waals surface area contributed by atoms with E-state index in [-0.39, 0.29) is 0 Å². The first-order valence-electron chi connectivity index (χ1n) is 6.12. The molecule has 1 saturated heterocycles. The Balaban J connectivity index is 2.02. The summed E-state index contributed by atoms with van der Waals surface area (Å²) in [6.07, 6.45) is 0. The number of para-hydroxylation sites is 1. The number of thioether (sulfide) groups is 1. The first-order valence-corrected chi connectivity index (χ1v) is 7.00. The SMILES string of the molecule is O=C(O)CN1C(=O)C(C2SC(=O)NC2=O)c2ccccc21. The highest BCUT2D eigenvalue weighted by Gasteiger charge is 2.48. The van der Waals surface area contributed by atoms with E-state index in [2.05, 4.69) is 5.32 Å². The molecular weight excluding hydrogens is 296 g/mol. The topological polar surface area (TPSA) is 104 Å². The monoisotopic (exact) mass is 306 g/mol. The van der Waals surface area contributed by atoms with Crippen molar-refractivity contribution >= 4 is 40.5 Å². The average molecular weight is 306 g/mol.